The third-order valence-electron chi connectivity index (χ3n) is 10.8. The standard InChI is InChI=1S/C38H55N3O8/c1-25-12-17-29(38-33(45)31(43)32(44)37(49-38,24-48-38)35(2,3)47)23-28(25)22-27-15-13-26(14-16-27)10-9-11-30(42)40-36(18-7-6-8-19-36)34(46)39-20-21-41(4)5/h12-17,23,31-33,43-45,47H,6-11,18-22,24H2,1-5H3,(H,39,46)(H,40,42)/t31-,32-,33+,37-,38-/m0/s1. The number of ether oxygens (including phenoxy) is 2. The van der Waals surface area contributed by atoms with Crippen molar-refractivity contribution < 1.29 is 39.5 Å². The Labute approximate surface area is 290 Å². The van der Waals surface area contributed by atoms with Crippen LogP contribution in [-0.2, 0) is 37.7 Å². The highest BCUT2D eigenvalue weighted by Gasteiger charge is 2.71. The molecule has 2 aromatic rings. The van der Waals surface area contributed by atoms with Crippen molar-refractivity contribution in [2.45, 2.75) is 119 Å². The summed E-state index contributed by atoms with van der Waals surface area (Å²) in [7, 11) is 3.93. The van der Waals surface area contributed by atoms with Crippen LogP contribution in [0.25, 0.3) is 0 Å². The number of amides is 2. The molecule has 11 heteroatoms. The van der Waals surface area contributed by atoms with Crippen molar-refractivity contribution in [1.29, 1.82) is 0 Å². The van der Waals surface area contributed by atoms with Crippen molar-refractivity contribution in [3.8, 4) is 0 Å². The number of aryl methyl sites for hydroxylation is 2. The van der Waals surface area contributed by atoms with Crippen LogP contribution in [0.2, 0.25) is 0 Å². The third-order valence-corrected chi connectivity index (χ3v) is 10.8. The largest absolute Gasteiger partial charge is 0.387 e. The second-order valence-corrected chi connectivity index (χ2v) is 15.1. The Hall–Kier alpha value is -2.90. The Kier molecular flexibility index (Phi) is 11.2. The van der Waals surface area contributed by atoms with Crippen LogP contribution < -0.4 is 10.6 Å². The summed E-state index contributed by atoms with van der Waals surface area (Å²) in [5, 5.41) is 49.7. The Morgan fingerprint density at radius 2 is 1.65 bits per heavy atom. The normalized spacial score (nSPS) is 28.0. The summed E-state index contributed by atoms with van der Waals surface area (Å²) >= 11 is 0. The van der Waals surface area contributed by atoms with E-state index in [1.807, 2.05) is 38.1 Å². The molecule has 2 amide bonds. The fraction of sp³-hybridized carbons (Fsp3) is 0.632. The van der Waals surface area contributed by atoms with Crippen molar-refractivity contribution in [1.82, 2.24) is 15.5 Å². The molecule has 0 spiro atoms. The second-order valence-electron chi connectivity index (χ2n) is 15.1. The molecule has 0 unspecified atom stereocenters. The number of rotatable bonds is 13. The van der Waals surface area contributed by atoms with Gasteiger partial charge in [-0.2, -0.15) is 0 Å². The zero-order valence-corrected chi connectivity index (χ0v) is 29.6. The Morgan fingerprint density at radius 1 is 0.980 bits per heavy atom. The first-order chi connectivity index (χ1) is 23.1. The Bertz CT molecular complexity index is 1470. The van der Waals surface area contributed by atoms with Crippen LogP contribution in [0.4, 0.5) is 0 Å². The lowest BCUT2D eigenvalue weighted by atomic mass is 9.75. The highest BCUT2D eigenvalue weighted by atomic mass is 16.8. The summed E-state index contributed by atoms with van der Waals surface area (Å²) in [5.74, 6) is -1.91. The number of carbonyl (C=O) groups excluding carboxylic acids is 2. The summed E-state index contributed by atoms with van der Waals surface area (Å²) < 4.78 is 12.3. The Balaban J connectivity index is 1.19. The predicted octanol–water partition coefficient (Wildman–Crippen LogP) is 2.21. The molecular formula is C38H55N3O8. The maximum Gasteiger partial charge on any atom is 0.245 e. The van der Waals surface area contributed by atoms with E-state index in [-0.39, 0.29) is 18.4 Å². The molecule has 49 heavy (non-hydrogen) atoms. The lowest BCUT2D eigenvalue weighted by Crippen LogP contribution is -2.70. The van der Waals surface area contributed by atoms with Gasteiger partial charge in [-0.25, -0.2) is 0 Å². The second kappa shape index (κ2) is 14.8. The van der Waals surface area contributed by atoms with E-state index >= 15 is 0 Å². The molecule has 0 radical (unpaired) electrons. The summed E-state index contributed by atoms with van der Waals surface area (Å²) in [6.45, 7) is 6.06. The zero-order valence-electron chi connectivity index (χ0n) is 29.6. The van der Waals surface area contributed by atoms with Gasteiger partial charge in [0.25, 0.3) is 0 Å². The van der Waals surface area contributed by atoms with Crippen molar-refractivity contribution >= 4 is 11.8 Å². The van der Waals surface area contributed by atoms with Gasteiger partial charge in [-0.05, 0) is 95.3 Å². The number of nitrogens with zero attached hydrogens (tertiary/aromatic N) is 1. The molecule has 5 atom stereocenters. The number of aliphatic hydroxyl groups excluding tert-OH is 3. The van der Waals surface area contributed by atoms with Gasteiger partial charge >= 0.3 is 0 Å². The van der Waals surface area contributed by atoms with E-state index in [9.17, 15) is 30.0 Å². The molecule has 2 bridgehead atoms. The average Bonchev–Trinajstić information content (AvgIpc) is 3.46. The van der Waals surface area contributed by atoms with Gasteiger partial charge in [-0.1, -0.05) is 55.7 Å². The number of likely N-dealkylation sites (N-methyl/N-ethyl adjacent to an activating group) is 1. The molecule has 1 aliphatic carbocycles. The fourth-order valence-electron chi connectivity index (χ4n) is 7.52. The van der Waals surface area contributed by atoms with Gasteiger partial charge in [-0.15, -0.1) is 0 Å². The van der Waals surface area contributed by atoms with Gasteiger partial charge in [0.2, 0.25) is 17.6 Å². The lowest BCUT2D eigenvalue weighted by molar-refractivity contribution is -0.348. The molecule has 1 saturated carbocycles. The van der Waals surface area contributed by atoms with Crippen LogP contribution in [0.3, 0.4) is 0 Å². The summed E-state index contributed by atoms with van der Waals surface area (Å²) in [5.41, 5.74) is 0.672. The average molecular weight is 682 g/mol. The van der Waals surface area contributed by atoms with E-state index in [1.54, 1.807) is 6.07 Å². The van der Waals surface area contributed by atoms with E-state index in [0.29, 0.717) is 44.2 Å². The van der Waals surface area contributed by atoms with Crippen LogP contribution in [0.5, 0.6) is 0 Å². The number of nitrogens with one attached hydrogen (secondary N) is 2. The maximum atomic E-state index is 13.1. The molecule has 2 aliphatic heterocycles. The Morgan fingerprint density at radius 3 is 2.31 bits per heavy atom. The van der Waals surface area contributed by atoms with E-state index in [2.05, 4.69) is 34.9 Å². The summed E-state index contributed by atoms with van der Waals surface area (Å²) in [6, 6.07) is 13.8. The number of aliphatic hydroxyl groups is 4. The van der Waals surface area contributed by atoms with E-state index in [4.69, 9.17) is 9.47 Å². The lowest BCUT2D eigenvalue weighted by Gasteiger charge is -2.50. The van der Waals surface area contributed by atoms with Crippen molar-refractivity contribution in [3.63, 3.8) is 0 Å². The minimum atomic E-state index is -1.75. The number of fused-ring (bicyclic) bond motifs is 2. The molecular weight excluding hydrogens is 626 g/mol. The molecule has 3 fully saturated rings. The van der Waals surface area contributed by atoms with Crippen molar-refractivity contribution in [2.75, 3.05) is 33.8 Å². The van der Waals surface area contributed by atoms with Gasteiger partial charge in [0.15, 0.2) is 5.60 Å². The highest BCUT2D eigenvalue weighted by molar-refractivity contribution is 5.91. The predicted molar refractivity (Wildman–Crippen MR) is 185 cm³/mol. The fourth-order valence-corrected chi connectivity index (χ4v) is 7.52. The smallest absolute Gasteiger partial charge is 0.245 e. The zero-order chi connectivity index (χ0) is 35.6. The minimum Gasteiger partial charge on any atom is -0.387 e. The molecule has 0 aromatic heterocycles. The third kappa shape index (κ3) is 7.58. The van der Waals surface area contributed by atoms with Crippen LogP contribution in [0.1, 0.15) is 86.6 Å². The van der Waals surface area contributed by atoms with E-state index in [1.165, 1.54) is 13.8 Å². The first-order valence-electron chi connectivity index (χ1n) is 17.6. The van der Waals surface area contributed by atoms with E-state index < -0.39 is 40.8 Å². The minimum absolute atomic E-state index is 0.0739. The first-order valence-corrected chi connectivity index (χ1v) is 17.6. The van der Waals surface area contributed by atoms with Crippen LogP contribution in [0, 0.1) is 6.92 Å². The van der Waals surface area contributed by atoms with Crippen molar-refractivity contribution in [2.24, 2.45) is 0 Å². The first kappa shape index (κ1) is 37.4. The quantitative estimate of drug-likeness (QED) is 0.186. The molecule has 2 aromatic carbocycles. The molecule has 6 N–H and O–H groups in total. The van der Waals surface area contributed by atoms with Gasteiger partial charge in [-0.3, -0.25) is 9.59 Å². The topological polar surface area (TPSA) is 161 Å². The summed E-state index contributed by atoms with van der Waals surface area (Å²) in [6.07, 6.45) is 1.91. The molecule has 3 aliphatic rings. The number of carbonyl (C=O) groups is 2. The van der Waals surface area contributed by atoms with Gasteiger partial charge < -0.3 is 45.4 Å². The maximum absolute atomic E-state index is 13.1. The highest BCUT2D eigenvalue weighted by Crippen LogP contribution is 2.53. The number of hydrogen-bond acceptors (Lipinski definition) is 9. The molecule has 2 heterocycles. The van der Waals surface area contributed by atoms with Crippen LogP contribution in [0.15, 0.2) is 42.5 Å². The number of hydrogen-bond donors (Lipinski definition) is 6. The summed E-state index contributed by atoms with van der Waals surface area (Å²) in [4.78, 5) is 28.2. The van der Waals surface area contributed by atoms with Gasteiger partial charge in [0.05, 0.1) is 12.2 Å². The molecule has 11 nitrogen and oxygen atoms in total. The van der Waals surface area contributed by atoms with Gasteiger partial charge in [0, 0.05) is 25.1 Å². The molecule has 5 rings (SSSR count). The van der Waals surface area contributed by atoms with Crippen molar-refractivity contribution in [3.05, 3.63) is 70.3 Å². The SMILES string of the molecule is Cc1ccc([C@]23OC[C@](C(C)(C)O)(O2)[C@@H](O)[C@H](O)[C@H]3O)cc1Cc1ccc(CCCC(=O)NC2(C(=O)NCCN(C)C)CCCCC2)cc1. The van der Waals surface area contributed by atoms with Gasteiger partial charge in [0.1, 0.15) is 23.9 Å². The number of benzene rings is 2. The molecule has 270 valence electrons. The van der Waals surface area contributed by atoms with E-state index in [0.717, 1.165) is 54.5 Å². The van der Waals surface area contributed by atoms with Crippen LogP contribution >= 0.6 is 0 Å². The molecule has 2 saturated heterocycles. The van der Waals surface area contributed by atoms with Crippen LogP contribution in [-0.4, -0.2) is 106 Å². The monoisotopic (exact) mass is 681 g/mol.